The number of hydrogen-bond acceptors (Lipinski definition) is 6. The second kappa shape index (κ2) is 7.15. The van der Waals surface area contributed by atoms with Crippen molar-refractivity contribution < 1.29 is 13.7 Å². The van der Waals surface area contributed by atoms with E-state index >= 15 is 0 Å². The van der Waals surface area contributed by atoms with Gasteiger partial charge in [0.15, 0.2) is 0 Å². The SMILES string of the molecule is Cc1cc(CSc2ncccc2C(=O)NCc2ccco2)no1. The van der Waals surface area contributed by atoms with Crippen LogP contribution in [0.1, 0.15) is 27.6 Å². The predicted octanol–water partition coefficient (Wildman–Crippen LogP) is 3.19. The van der Waals surface area contributed by atoms with Gasteiger partial charge in [0.05, 0.1) is 24.1 Å². The van der Waals surface area contributed by atoms with E-state index in [1.54, 1.807) is 30.7 Å². The minimum Gasteiger partial charge on any atom is -0.467 e. The number of carbonyl (C=O) groups excluding carboxylic acids is 1. The smallest absolute Gasteiger partial charge is 0.254 e. The summed E-state index contributed by atoms with van der Waals surface area (Å²) in [5.41, 5.74) is 1.35. The van der Waals surface area contributed by atoms with Crippen molar-refractivity contribution >= 4 is 17.7 Å². The average Bonchev–Trinajstić information content (AvgIpc) is 3.22. The van der Waals surface area contributed by atoms with Gasteiger partial charge in [0.2, 0.25) is 0 Å². The molecule has 0 unspecified atom stereocenters. The molecule has 0 aliphatic rings. The first-order valence-corrected chi connectivity index (χ1v) is 8.01. The van der Waals surface area contributed by atoms with E-state index in [0.717, 1.165) is 11.5 Å². The van der Waals surface area contributed by atoms with E-state index in [1.807, 2.05) is 19.1 Å². The predicted molar refractivity (Wildman–Crippen MR) is 84.9 cm³/mol. The molecule has 0 atom stereocenters. The Kier molecular flexibility index (Phi) is 4.77. The topological polar surface area (TPSA) is 81.2 Å². The van der Waals surface area contributed by atoms with Gasteiger partial charge >= 0.3 is 0 Å². The molecule has 0 fully saturated rings. The number of nitrogens with zero attached hydrogens (tertiary/aromatic N) is 2. The zero-order valence-electron chi connectivity index (χ0n) is 12.5. The highest BCUT2D eigenvalue weighted by Crippen LogP contribution is 2.24. The van der Waals surface area contributed by atoms with Gasteiger partial charge in [-0.05, 0) is 31.2 Å². The molecule has 0 bridgehead atoms. The van der Waals surface area contributed by atoms with Crippen LogP contribution in [0.2, 0.25) is 0 Å². The largest absolute Gasteiger partial charge is 0.467 e. The number of aromatic nitrogens is 2. The van der Waals surface area contributed by atoms with Crippen molar-refractivity contribution in [1.29, 1.82) is 0 Å². The highest BCUT2D eigenvalue weighted by Gasteiger charge is 2.13. The summed E-state index contributed by atoms with van der Waals surface area (Å²) < 4.78 is 10.2. The lowest BCUT2D eigenvalue weighted by atomic mass is 10.2. The molecular formula is C16H15N3O3S. The molecule has 1 amide bonds. The fourth-order valence-corrected chi connectivity index (χ4v) is 2.85. The molecule has 0 aliphatic heterocycles. The van der Waals surface area contributed by atoms with Gasteiger partial charge in [0.1, 0.15) is 16.5 Å². The Labute approximate surface area is 137 Å². The fourth-order valence-electron chi connectivity index (χ4n) is 1.98. The van der Waals surface area contributed by atoms with E-state index in [9.17, 15) is 4.79 Å². The maximum absolute atomic E-state index is 12.3. The first kappa shape index (κ1) is 15.4. The number of hydrogen-bond donors (Lipinski definition) is 1. The maximum Gasteiger partial charge on any atom is 0.254 e. The molecule has 0 saturated heterocycles. The Hall–Kier alpha value is -2.54. The first-order valence-electron chi connectivity index (χ1n) is 7.03. The van der Waals surface area contributed by atoms with E-state index in [2.05, 4.69) is 15.5 Å². The number of aryl methyl sites for hydroxylation is 1. The summed E-state index contributed by atoms with van der Waals surface area (Å²) in [6, 6.07) is 8.96. The molecule has 6 nitrogen and oxygen atoms in total. The van der Waals surface area contributed by atoms with Crippen molar-refractivity contribution in [3.05, 3.63) is 65.6 Å². The molecule has 0 radical (unpaired) electrons. The van der Waals surface area contributed by atoms with Crippen molar-refractivity contribution in [2.45, 2.75) is 24.2 Å². The first-order chi connectivity index (χ1) is 11.2. The van der Waals surface area contributed by atoms with Gasteiger partial charge in [-0.2, -0.15) is 0 Å². The van der Waals surface area contributed by atoms with Gasteiger partial charge in [0.25, 0.3) is 5.91 Å². The lowest BCUT2D eigenvalue weighted by molar-refractivity contribution is 0.0944. The van der Waals surface area contributed by atoms with Gasteiger partial charge < -0.3 is 14.3 Å². The zero-order chi connectivity index (χ0) is 16.1. The molecule has 118 valence electrons. The number of nitrogens with one attached hydrogen (secondary N) is 1. The Bertz CT molecular complexity index is 783. The quantitative estimate of drug-likeness (QED) is 0.700. The normalized spacial score (nSPS) is 10.7. The van der Waals surface area contributed by atoms with Gasteiger partial charge in [-0.25, -0.2) is 4.98 Å². The zero-order valence-corrected chi connectivity index (χ0v) is 13.3. The molecule has 0 aromatic carbocycles. The van der Waals surface area contributed by atoms with Crippen LogP contribution in [0.5, 0.6) is 0 Å². The lowest BCUT2D eigenvalue weighted by Gasteiger charge is -2.07. The number of rotatable bonds is 6. The van der Waals surface area contributed by atoms with Crippen LogP contribution in [0.4, 0.5) is 0 Å². The minimum atomic E-state index is -0.187. The fraction of sp³-hybridized carbons (Fsp3) is 0.188. The summed E-state index contributed by atoms with van der Waals surface area (Å²) in [7, 11) is 0. The molecule has 3 rings (SSSR count). The number of thioether (sulfide) groups is 1. The van der Waals surface area contributed by atoms with Crippen LogP contribution in [-0.2, 0) is 12.3 Å². The highest BCUT2D eigenvalue weighted by molar-refractivity contribution is 7.98. The third-order valence-electron chi connectivity index (χ3n) is 3.05. The number of amides is 1. The van der Waals surface area contributed by atoms with Gasteiger partial charge in [-0.15, -0.1) is 0 Å². The Morgan fingerprint density at radius 1 is 1.35 bits per heavy atom. The number of furan rings is 1. The molecule has 0 aliphatic carbocycles. The molecular weight excluding hydrogens is 314 g/mol. The van der Waals surface area contributed by atoms with Crippen molar-refractivity contribution in [3.63, 3.8) is 0 Å². The van der Waals surface area contributed by atoms with Crippen molar-refractivity contribution in [2.75, 3.05) is 0 Å². The third-order valence-corrected chi connectivity index (χ3v) is 4.09. The van der Waals surface area contributed by atoms with Crippen LogP contribution in [0.3, 0.4) is 0 Å². The molecule has 7 heteroatoms. The van der Waals surface area contributed by atoms with Gasteiger partial charge in [-0.3, -0.25) is 4.79 Å². The van der Waals surface area contributed by atoms with Crippen LogP contribution in [-0.4, -0.2) is 16.0 Å². The summed E-state index contributed by atoms with van der Waals surface area (Å²) in [5.74, 6) is 1.87. The maximum atomic E-state index is 12.3. The molecule has 3 aromatic rings. The second-order valence-electron chi connectivity index (χ2n) is 4.84. The summed E-state index contributed by atoms with van der Waals surface area (Å²) in [6.45, 7) is 2.18. The van der Waals surface area contributed by atoms with Crippen LogP contribution >= 0.6 is 11.8 Å². The Morgan fingerprint density at radius 3 is 3.00 bits per heavy atom. The van der Waals surface area contributed by atoms with E-state index in [1.165, 1.54) is 11.8 Å². The summed E-state index contributed by atoms with van der Waals surface area (Å²) >= 11 is 1.45. The van der Waals surface area contributed by atoms with E-state index in [0.29, 0.717) is 28.6 Å². The van der Waals surface area contributed by atoms with E-state index < -0.39 is 0 Å². The number of pyridine rings is 1. The van der Waals surface area contributed by atoms with Crippen molar-refractivity contribution in [2.24, 2.45) is 0 Å². The molecule has 0 saturated carbocycles. The van der Waals surface area contributed by atoms with Gasteiger partial charge in [0, 0.05) is 18.0 Å². The monoisotopic (exact) mass is 329 g/mol. The summed E-state index contributed by atoms with van der Waals surface area (Å²) in [4.78, 5) is 16.6. The Morgan fingerprint density at radius 2 is 2.26 bits per heavy atom. The average molecular weight is 329 g/mol. The molecule has 1 N–H and O–H groups in total. The van der Waals surface area contributed by atoms with Crippen LogP contribution in [0.15, 0.2) is 56.8 Å². The van der Waals surface area contributed by atoms with Crippen molar-refractivity contribution in [3.8, 4) is 0 Å². The molecule has 3 aromatic heterocycles. The molecule has 3 heterocycles. The summed E-state index contributed by atoms with van der Waals surface area (Å²) in [5, 5.41) is 7.42. The molecule has 0 spiro atoms. The summed E-state index contributed by atoms with van der Waals surface area (Å²) in [6.07, 6.45) is 3.24. The third kappa shape index (κ3) is 4.01. The van der Waals surface area contributed by atoms with Crippen LogP contribution in [0, 0.1) is 6.92 Å². The van der Waals surface area contributed by atoms with E-state index in [4.69, 9.17) is 8.94 Å². The van der Waals surface area contributed by atoms with Crippen LogP contribution < -0.4 is 5.32 Å². The van der Waals surface area contributed by atoms with Crippen LogP contribution in [0.25, 0.3) is 0 Å². The number of carbonyl (C=O) groups is 1. The van der Waals surface area contributed by atoms with Gasteiger partial charge in [-0.1, -0.05) is 16.9 Å². The minimum absolute atomic E-state index is 0.187. The molecule has 23 heavy (non-hydrogen) atoms. The standard InChI is InChI=1S/C16H15N3O3S/c1-11-8-12(19-22-11)10-23-16-14(5-2-6-17-16)15(20)18-9-13-4-3-7-21-13/h2-8H,9-10H2,1H3,(H,18,20). The second-order valence-corrected chi connectivity index (χ2v) is 5.80. The highest BCUT2D eigenvalue weighted by atomic mass is 32.2. The van der Waals surface area contributed by atoms with Crippen molar-refractivity contribution in [1.82, 2.24) is 15.5 Å². The van der Waals surface area contributed by atoms with E-state index in [-0.39, 0.29) is 5.91 Å². The lowest BCUT2D eigenvalue weighted by Crippen LogP contribution is -2.23. The Balaban J connectivity index is 1.65.